The van der Waals surface area contributed by atoms with Crippen molar-refractivity contribution in [3.05, 3.63) is 70.5 Å². The molecule has 1 N–H and O–H groups in total. The van der Waals surface area contributed by atoms with Gasteiger partial charge in [0.2, 0.25) is 0 Å². The van der Waals surface area contributed by atoms with Gasteiger partial charge in [0.05, 0.1) is 20.3 Å². The summed E-state index contributed by atoms with van der Waals surface area (Å²) in [6, 6.07) is 15.0. The van der Waals surface area contributed by atoms with E-state index < -0.39 is 0 Å². The van der Waals surface area contributed by atoms with Crippen LogP contribution in [0.1, 0.15) is 42.1 Å². The molecule has 2 aromatic carbocycles. The van der Waals surface area contributed by atoms with Crippen LogP contribution in [0.2, 0.25) is 5.02 Å². The maximum absolute atomic E-state index is 12.9. The summed E-state index contributed by atoms with van der Waals surface area (Å²) < 4.78 is 5.24. The molecule has 0 saturated heterocycles. The summed E-state index contributed by atoms with van der Waals surface area (Å²) in [5.41, 5.74) is 1.97. The van der Waals surface area contributed by atoms with Gasteiger partial charge < -0.3 is 9.84 Å². The van der Waals surface area contributed by atoms with E-state index in [4.69, 9.17) is 21.4 Å². The molecule has 0 aliphatic carbocycles. The molecule has 1 heterocycles. The summed E-state index contributed by atoms with van der Waals surface area (Å²) in [5.74, 6) is 1.09. The Morgan fingerprint density at radius 2 is 1.87 bits per heavy atom. The summed E-state index contributed by atoms with van der Waals surface area (Å²) in [5, 5.41) is 22.3. The average Bonchev–Trinajstić information content (AvgIpc) is 3.22. The lowest BCUT2D eigenvalue weighted by Crippen LogP contribution is -2.17. The molecule has 2 atom stereocenters. The van der Waals surface area contributed by atoms with E-state index in [2.05, 4.69) is 22.3 Å². The first kappa shape index (κ1) is 21.9. The predicted octanol–water partition coefficient (Wildman–Crippen LogP) is 3.42. The third-order valence-electron chi connectivity index (χ3n) is 5.11. The molecule has 3 rings (SSSR count). The van der Waals surface area contributed by atoms with Gasteiger partial charge in [-0.25, -0.2) is 0 Å². The number of carbonyl (C=O) groups excluding carboxylic acids is 1. The molecule has 0 amide bonds. The van der Waals surface area contributed by atoms with Gasteiger partial charge in [-0.15, -0.1) is 10.2 Å². The number of ketones is 1. The number of aliphatic hydroxyl groups excluding tert-OH is 1. The molecule has 158 valence electrons. The maximum Gasteiger partial charge on any atom is 0.178 e. The van der Waals surface area contributed by atoms with Crippen LogP contribution in [0.5, 0.6) is 5.75 Å². The fraction of sp³-hybridized carbons (Fsp3) is 0.364. The van der Waals surface area contributed by atoms with E-state index in [0.717, 1.165) is 16.9 Å². The molecule has 3 aromatic rings. The van der Waals surface area contributed by atoms with Crippen LogP contribution in [0.25, 0.3) is 0 Å². The second kappa shape index (κ2) is 10.3. The van der Waals surface area contributed by atoms with Crippen LogP contribution in [0.15, 0.2) is 48.5 Å². The number of ether oxygens (including phenoxy) is 1. The fourth-order valence-corrected chi connectivity index (χ4v) is 3.49. The van der Waals surface area contributed by atoms with Gasteiger partial charge in [-0.3, -0.25) is 4.79 Å². The number of hydrogen-bond acceptors (Lipinski definition) is 6. The van der Waals surface area contributed by atoms with Gasteiger partial charge >= 0.3 is 0 Å². The molecule has 0 unspecified atom stereocenters. The van der Waals surface area contributed by atoms with Crippen LogP contribution < -0.4 is 4.74 Å². The number of tetrazole rings is 1. The Hall–Kier alpha value is -2.77. The van der Waals surface area contributed by atoms with Crippen molar-refractivity contribution >= 4 is 17.4 Å². The highest BCUT2D eigenvalue weighted by Crippen LogP contribution is 2.34. The Balaban J connectivity index is 1.81. The van der Waals surface area contributed by atoms with E-state index in [0.29, 0.717) is 17.3 Å². The van der Waals surface area contributed by atoms with E-state index in [1.807, 2.05) is 36.4 Å². The van der Waals surface area contributed by atoms with Gasteiger partial charge in [-0.2, -0.15) is 4.80 Å². The number of rotatable bonds is 10. The number of Topliss-reactive ketones (excluding diaryl/α,β-unsaturated/α-hetero) is 1. The zero-order valence-electron chi connectivity index (χ0n) is 17.0. The molecule has 0 spiro atoms. The first-order valence-corrected chi connectivity index (χ1v) is 10.2. The van der Waals surface area contributed by atoms with Crippen molar-refractivity contribution in [3.63, 3.8) is 0 Å². The number of methoxy groups -OCH3 is 1. The number of benzene rings is 2. The van der Waals surface area contributed by atoms with Gasteiger partial charge in [0.25, 0.3) is 0 Å². The summed E-state index contributed by atoms with van der Waals surface area (Å²) >= 11 is 5.93. The Labute approximate surface area is 180 Å². The Bertz CT molecular complexity index is 957. The third kappa shape index (κ3) is 5.64. The van der Waals surface area contributed by atoms with Crippen molar-refractivity contribution in [2.75, 3.05) is 13.7 Å². The van der Waals surface area contributed by atoms with E-state index in [1.54, 1.807) is 19.2 Å². The molecule has 30 heavy (non-hydrogen) atoms. The topological polar surface area (TPSA) is 90.1 Å². The highest BCUT2D eigenvalue weighted by Gasteiger charge is 2.28. The van der Waals surface area contributed by atoms with Crippen LogP contribution in [0.3, 0.4) is 0 Å². The minimum absolute atomic E-state index is 0.0168. The van der Waals surface area contributed by atoms with Gasteiger partial charge in [0, 0.05) is 23.8 Å². The molecule has 1 aromatic heterocycles. The van der Waals surface area contributed by atoms with Gasteiger partial charge in [-0.1, -0.05) is 42.8 Å². The van der Waals surface area contributed by atoms with Crippen LogP contribution in [-0.2, 0) is 17.8 Å². The fourth-order valence-electron chi connectivity index (χ4n) is 3.37. The molecule has 8 heteroatoms. The quantitative estimate of drug-likeness (QED) is 0.532. The first-order chi connectivity index (χ1) is 14.5. The minimum Gasteiger partial charge on any atom is -0.497 e. The van der Waals surface area contributed by atoms with Gasteiger partial charge in [-0.05, 0) is 46.5 Å². The predicted molar refractivity (Wildman–Crippen MR) is 114 cm³/mol. The Kier molecular flexibility index (Phi) is 7.54. The van der Waals surface area contributed by atoms with Crippen LogP contribution in [0, 0.1) is 0 Å². The lowest BCUT2D eigenvalue weighted by atomic mass is 9.83. The number of nitrogens with zero attached hydrogens (tertiary/aromatic N) is 4. The highest BCUT2D eigenvalue weighted by molar-refractivity contribution is 6.30. The van der Waals surface area contributed by atoms with E-state index in [-0.39, 0.29) is 37.2 Å². The monoisotopic (exact) mass is 428 g/mol. The average molecular weight is 429 g/mol. The Morgan fingerprint density at radius 1 is 1.17 bits per heavy atom. The van der Waals surface area contributed by atoms with Crippen LogP contribution in [-0.4, -0.2) is 44.8 Å². The van der Waals surface area contributed by atoms with Crippen molar-refractivity contribution in [1.82, 2.24) is 20.2 Å². The third-order valence-corrected chi connectivity index (χ3v) is 5.36. The standard InChI is InChI=1S/C22H25ClN4O3/c1-15(17-5-9-20(30-2)10-6-17)21(22-24-26-27(25-22)11-12-28)14-19(29)13-16-3-7-18(23)8-4-16/h3-10,15,21,28H,11-14H2,1-2H3/t15-,21+/m1/s1. The second-order valence-corrected chi connectivity index (χ2v) is 7.62. The van der Waals surface area contributed by atoms with Crippen LogP contribution in [0.4, 0.5) is 0 Å². The zero-order chi connectivity index (χ0) is 21.5. The summed E-state index contributed by atoms with van der Waals surface area (Å²) in [4.78, 5) is 14.2. The number of halogens is 1. The smallest absolute Gasteiger partial charge is 0.178 e. The number of carbonyl (C=O) groups is 1. The first-order valence-electron chi connectivity index (χ1n) is 9.78. The normalized spacial score (nSPS) is 13.1. The van der Waals surface area contributed by atoms with Gasteiger partial charge in [0.15, 0.2) is 5.82 Å². The van der Waals surface area contributed by atoms with Crippen LogP contribution >= 0.6 is 11.6 Å². The number of aromatic nitrogens is 4. The van der Waals surface area contributed by atoms with Crippen molar-refractivity contribution in [2.45, 2.75) is 38.1 Å². The van der Waals surface area contributed by atoms with E-state index >= 15 is 0 Å². The zero-order valence-corrected chi connectivity index (χ0v) is 17.8. The SMILES string of the molecule is COc1ccc([C@@H](C)[C@H](CC(=O)Cc2ccc(Cl)cc2)c2nnn(CCO)n2)cc1. The number of aliphatic hydroxyl groups is 1. The molecule has 0 saturated carbocycles. The molecular formula is C22H25ClN4O3. The second-order valence-electron chi connectivity index (χ2n) is 7.18. The maximum atomic E-state index is 12.9. The minimum atomic E-state index is -0.245. The molecule has 0 aliphatic rings. The lowest BCUT2D eigenvalue weighted by molar-refractivity contribution is -0.119. The molecule has 0 radical (unpaired) electrons. The summed E-state index contributed by atoms with van der Waals surface area (Å²) in [6.07, 6.45) is 0.592. The van der Waals surface area contributed by atoms with Crippen molar-refractivity contribution < 1.29 is 14.6 Å². The molecule has 0 aliphatic heterocycles. The van der Waals surface area contributed by atoms with E-state index in [9.17, 15) is 4.79 Å². The molecule has 0 fully saturated rings. The molecular weight excluding hydrogens is 404 g/mol. The van der Waals surface area contributed by atoms with Crippen molar-refractivity contribution in [2.24, 2.45) is 0 Å². The Morgan fingerprint density at radius 3 is 2.50 bits per heavy atom. The molecule has 0 bridgehead atoms. The summed E-state index contributed by atoms with van der Waals surface area (Å²) in [6.45, 7) is 2.23. The lowest BCUT2D eigenvalue weighted by Gasteiger charge is -2.21. The number of hydrogen-bond donors (Lipinski definition) is 1. The van der Waals surface area contributed by atoms with Gasteiger partial charge in [0.1, 0.15) is 11.5 Å². The summed E-state index contributed by atoms with van der Waals surface area (Å²) in [7, 11) is 1.63. The van der Waals surface area contributed by atoms with Crippen molar-refractivity contribution in [3.8, 4) is 5.75 Å². The largest absolute Gasteiger partial charge is 0.497 e. The van der Waals surface area contributed by atoms with Crippen molar-refractivity contribution in [1.29, 1.82) is 0 Å². The highest BCUT2D eigenvalue weighted by atomic mass is 35.5. The van der Waals surface area contributed by atoms with E-state index in [1.165, 1.54) is 4.80 Å². The molecule has 7 nitrogen and oxygen atoms in total.